The minimum atomic E-state index is 0.355. The fourth-order valence-electron chi connectivity index (χ4n) is 1.94. The molecule has 4 heteroatoms. The van der Waals surface area contributed by atoms with Gasteiger partial charge < -0.3 is 19.7 Å². The third-order valence-electron chi connectivity index (χ3n) is 2.90. The third kappa shape index (κ3) is 3.61. The molecule has 3 N–H and O–H groups in total. The molecule has 4 nitrogen and oxygen atoms in total. The molecule has 2 rings (SSSR count). The van der Waals surface area contributed by atoms with Gasteiger partial charge in [-0.25, -0.2) is 0 Å². The summed E-state index contributed by atoms with van der Waals surface area (Å²) in [4.78, 5) is 1.52. The molecule has 1 aliphatic rings. The van der Waals surface area contributed by atoms with Gasteiger partial charge in [0.25, 0.3) is 0 Å². The molecule has 1 aromatic carbocycles. The number of nitrogens with two attached hydrogens (primary N) is 1. The highest BCUT2D eigenvalue weighted by atomic mass is 16.7. The van der Waals surface area contributed by atoms with E-state index in [2.05, 4.69) is 31.5 Å². The maximum atomic E-state index is 5.36. The molecule has 0 amide bonds. The van der Waals surface area contributed by atoms with Crippen LogP contribution in [0.1, 0.15) is 12.0 Å². The largest absolute Gasteiger partial charge is 0.454 e. The lowest BCUT2D eigenvalue weighted by molar-refractivity contribution is -0.860. The molecule has 1 aliphatic heterocycles. The molecule has 0 radical (unpaired) electrons. The summed E-state index contributed by atoms with van der Waals surface area (Å²) in [6, 6.07) is 6.19. The van der Waals surface area contributed by atoms with E-state index in [4.69, 9.17) is 9.47 Å². The summed E-state index contributed by atoms with van der Waals surface area (Å²) in [6.45, 7) is 3.78. The molecule has 0 aromatic heterocycles. The Balaban J connectivity index is 1.72. The van der Waals surface area contributed by atoms with E-state index in [-0.39, 0.29) is 0 Å². The molecule has 0 bridgehead atoms. The van der Waals surface area contributed by atoms with Gasteiger partial charge in [-0.1, -0.05) is 0 Å². The highest BCUT2D eigenvalue weighted by molar-refractivity contribution is 5.44. The van der Waals surface area contributed by atoms with E-state index in [1.807, 2.05) is 6.07 Å². The molecule has 1 aromatic rings. The fourth-order valence-corrected chi connectivity index (χ4v) is 1.94. The molecule has 0 saturated heterocycles. The first-order chi connectivity index (χ1) is 8.25. The molecular weight excluding hydrogens is 216 g/mol. The molecule has 0 fully saturated rings. The fraction of sp³-hybridized carbons (Fsp3) is 0.538. The van der Waals surface area contributed by atoms with E-state index in [1.165, 1.54) is 30.0 Å². The average molecular weight is 238 g/mol. The van der Waals surface area contributed by atoms with Crippen LogP contribution in [0.15, 0.2) is 18.2 Å². The predicted molar refractivity (Wildman–Crippen MR) is 65.4 cm³/mol. The molecule has 0 aliphatic carbocycles. The van der Waals surface area contributed by atoms with Crippen LogP contribution in [0.4, 0.5) is 0 Å². The number of fused-ring (bicyclic) bond motifs is 1. The normalized spacial score (nSPS) is 13.4. The quantitative estimate of drug-likeness (QED) is 0.625. The second-order valence-electron chi connectivity index (χ2n) is 4.78. The summed E-state index contributed by atoms with van der Waals surface area (Å²) < 4.78 is 10.6. The minimum Gasteiger partial charge on any atom is -0.454 e. The average Bonchev–Trinajstić information content (AvgIpc) is 2.75. The Bertz CT molecular complexity index is 366. The topological polar surface area (TPSA) is 39.5 Å². The van der Waals surface area contributed by atoms with Gasteiger partial charge in [-0.15, -0.1) is 0 Å². The van der Waals surface area contributed by atoms with Crippen LogP contribution in [-0.4, -0.2) is 34.0 Å². The van der Waals surface area contributed by atoms with Crippen LogP contribution < -0.4 is 19.7 Å². The number of hydrogen-bond donors (Lipinski definition) is 2. The Morgan fingerprint density at radius 1 is 1.24 bits per heavy atom. The maximum Gasteiger partial charge on any atom is 0.231 e. The number of benzene rings is 1. The van der Waals surface area contributed by atoms with Crippen LogP contribution in [0.3, 0.4) is 0 Å². The zero-order valence-electron chi connectivity index (χ0n) is 10.7. The Hall–Kier alpha value is -1.26. The highest BCUT2D eigenvalue weighted by Gasteiger charge is 2.13. The van der Waals surface area contributed by atoms with Gasteiger partial charge in [0.05, 0.1) is 27.2 Å². The molecular formula is C13H22N2O2+2. The van der Waals surface area contributed by atoms with E-state index < -0.39 is 0 Å². The number of rotatable bonds is 6. The summed E-state index contributed by atoms with van der Waals surface area (Å²) >= 11 is 0. The van der Waals surface area contributed by atoms with Crippen LogP contribution >= 0.6 is 0 Å². The Morgan fingerprint density at radius 3 is 2.88 bits per heavy atom. The van der Waals surface area contributed by atoms with E-state index in [0.29, 0.717) is 6.79 Å². The molecule has 1 heterocycles. The van der Waals surface area contributed by atoms with Gasteiger partial charge in [0.1, 0.15) is 6.54 Å². The Morgan fingerprint density at radius 2 is 2.06 bits per heavy atom. The van der Waals surface area contributed by atoms with Gasteiger partial charge in [0.2, 0.25) is 6.79 Å². The van der Waals surface area contributed by atoms with Gasteiger partial charge in [-0.05, 0) is 18.2 Å². The van der Waals surface area contributed by atoms with Crippen molar-refractivity contribution in [2.24, 2.45) is 0 Å². The lowest BCUT2D eigenvalue weighted by Crippen LogP contribution is -3.06. The SMILES string of the molecule is C[NH+](C)CCC[NH2+]Cc1ccc2c(c1)OCO2. The lowest BCUT2D eigenvalue weighted by Gasteiger charge is -2.06. The summed E-state index contributed by atoms with van der Waals surface area (Å²) in [5.41, 5.74) is 1.30. The smallest absolute Gasteiger partial charge is 0.231 e. The first-order valence-corrected chi connectivity index (χ1v) is 6.25. The van der Waals surface area contributed by atoms with Crippen molar-refractivity contribution < 1.29 is 19.7 Å². The van der Waals surface area contributed by atoms with Crippen LogP contribution in [-0.2, 0) is 6.54 Å². The van der Waals surface area contributed by atoms with E-state index in [9.17, 15) is 0 Å². The molecule has 94 valence electrons. The molecule has 17 heavy (non-hydrogen) atoms. The zero-order valence-corrected chi connectivity index (χ0v) is 10.7. The second-order valence-corrected chi connectivity index (χ2v) is 4.78. The predicted octanol–water partition coefficient (Wildman–Crippen LogP) is -0.987. The van der Waals surface area contributed by atoms with Gasteiger partial charge in [-0.2, -0.15) is 0 Å². The molecule has 0 atom stereocenters. The van der Waals surface area contributed by atoms with E-state index in [1.54, 1.807) is 0 Å². The van der Waals surface area contributed by atoms with Crippen molar-refractivity contribution in [3.8, 4) is 11.5 Å². The monoisotopic (exact) mass is 238 g/mol. The van der Waals surface area contributed by atoms with Gasteiger partial charge in [-0.3, -0.25) is 0 Å². The summed E-state index contributed by atoms with van der Waals surface area (Å²) in [5.74, 6) is 1.75. The highest BCUT2D eigenvalue weighted by Crippen LogP contribution is 2.32. The molecule has 0 unspecified atom stereocenters. The number of quaternary nitrogens is 2. The zero-order chi connectivity index (χ0) is 12.1. The number of hydrogen-bond acceptors (Lipinski definition) is 2. The number of nitrogens with one attached hydrogen (secondary N) is 1. The lowest BCUT2D eigenvalue weighted by atomic mass is 10.2. The van der Waals surface area contributed by atoms with Gasteiger partial charge >= 0.3 is 0 Å². The second kappa shape index (κ2) is 5.89. The van der Waals surface area contributed by atoms with Crippen molar-refractivity contribution in [1.29, 1.82) is 0 Å². The van der Waals surface area contributed by atoms with E-state index >= 15 is 0 Å². The first-order valence-electron chi connectivity index (χ1n) is 6.25. The Kier molecular flexibility index (Phi) is 4.23. The van der Waals surface area contributed by atoms with E-state index in [0.717, 1.165) is 18.0 Å². The molecule has 0 saturated carbocycles. The third-order valence-corrected chi connectivity index (χ3v) is 2.90. The van der Waals surface area contributed by atoms with Crippen molar-refractivity contribution in [1.82, 2.24) is 0 Å². The first kappa shape index (κ1) is 12.2. The molecule has 0 spiro atoms. The Labute approximate surface area is 103 Å². The maximum absolute atomic E-state index is 5.36. The van der Waals surface area contributed by atoms with Crippen molar-refractivity contribution in [3.63, 3.8) is 0 Å². The number of ether oxygens (including phenoxy) is 2. The van der Waals surface area contributed by atoms with Crippen LogP contribution in [0.25, 0.3) is 0 Å². The van der Waals surface area contributed by atoms with Crippen molar-refractivity contribution in [2.45, 2.75) is 13.0 Å². The van der Waals surface area contributed by atoms with Crippen LogP contribution in [0.2, 0.25) is 0 Å². The van der Waals surface area contributed by atoms with Crippen LogP contribution in [0.5, 0.6) is 11.5 Å². The summed E-state index contributed by atoms with van der Waals surface area (Å²) in [5, 5.41) is 2.35. The minimum absolute atomic E-state index is 0.355. The van der Waals surface area contributed by atoms with Gasteiger partial charge in [0, 0.05) is 12.0 Å². The van der Waals surface area contributed by atoms with Crippen LogP contribution in [0, 0.1) is 0 Å². The summed E-state index contributed by atoms with van der Waals surface area (Å²) in [7, 11) is 4.38. The van der Waals surface area contributed by atoms with Crippen molar-refractivity contribution in [2.75, 3.05) is 34.0 Å². The standard InChI is InChI=1S/C13H20N2O2/c1-15(2)7-3-6-14-9-11-4-5-12-13(8-11)17-10-16-12/h4-5,8,14H,3,6-7,9-10H2,1-2H3/p+2. The van der Waals surface area contributed by atoms with Gasteiger partial charge in [0.15, 0.2) is 11.5 Å². The van der Waals surface area contributed by atoms with Crippen molar-refractivity contribution in [3.05, 3.63) is 23.8 Å². The summed E-state index contributed by atoms with van der Waals surface area (Å²) in [6.07, 6.45) is 1.26. The van der Waals surface area contributed by atoms with Crippen molar-refractivity contribution >= 4 is 0 Å².